The second-order valence-corrected chi connectivity index (χ2v) is 9.79. The van der Waals surface area contributed by atoms with Crippen LogP contribution >= 0.6 is 0 Å². The first kappa shape index (κ1) is 23.1. The first-order chi connectivity index (χ1) is 14.6. The highest BCUT2D eigenvalue weighted by atomic mass is 32.2. The molecule has 31 heavy (non-hydrogen) atoms. The number of carbonyl (C=O) groups excluding carboxylic acids is 1. The van der Waals surface area contributed by atoms with Gasteiger partial charge in [-0.3, -0.25) is 4.79 Å². The van der Waals surface area contributed by atoms with Crippen LogP contribution in [0.25, 0.3) is 11.1 Å². The summed E-state index contributed by atoms with van der Waals surface area (Å²) in [5.41, 5.74) is 1.43. The number of fused-ring (bicyclic) bond motifs is 1. The monoisotopic (exact) mass is 448 g/mol. The molecule has 0 bridgehead atoms. The third-order valence-electron chi connectivity index (χ3n) is 5.55. The standard InChI is InChI=1S/C21H28N4O5S/c1-14-10-25(15(2)12-26)31(28,29)21-6-5-17(18-8-22-13-23-9-18)7-19(21)30-20(14)11-24(4)16(3)27/h5-9,13-15,20,26H,10-12H2,1-4H3/t14-,15+,20-/m1/s1. The molecule has 3 rings (SSSR count). The summed E-state index contributed by atoms with van der Waals surface area (Å²) in [6.07, 6.45) is 4.24. The van der Waals surface area contributed by atoms with Gasteiger partial charge in [0.15, 0.2) is 0 Å². The molecular formula is C21H28N4O5S. The predicted molar refractivity (Wildman–Crippen MR) is 115 cm³/mol. The number of carbonyl (C=O) groups is 1. The number of aromatic nitrogens is 2. The van der Waals surface area contributed by atoms with Crippen LogP contribution in [-0.2, 0) is 14.8 Å². The quantitative estimate of drug-likeness (QED) is 0.735. The van der Waals surface area contributed by atoms with Crippen molar-refractivity contribution in [3.8, 4) is 16.9 Å². The average Bonchev–Trinajstić information content (AvgIpc) is 2.75. The molecule has 0 unspecified atom stereocenters. The molecule has 0 radical (unpaired) electrons. The molecule has 2 aromatic rings. The van der Waals surface area contributed by atoms with Gasteiger partial charge < -0.3 is 14.7 Å². The van der Waals surface area contributed by atoms with Gasteiger partial charge in [-0.1, -0.05) is 13.0 Å². The maximum atomic E-state index is 13.5. The van der Waals surface area contributed by atoms with Gasteiger partial charge in [0.2, 0.25) is 15.9 Å². The molecule has 1 aromatic carbocycles. The van der Waals surface area contributed by atoms with Crippen LogP contribution in [0.2, 0.25) is 0 Å². The maximum Gasteiger partial charge on any atom is 0.247 e. The van der Waals surface area contributed by atoms with Gasteiger partial charge in [0.05, 0.1) is 13.2 Å². The Hall–Kier alpha value is -2.56. The fraction of sp³-hybridized carbons (Fsp3) is 0.476. The zero-order valence-electron chi connectivity index (χ0n) is 18.1. The highest BCUT2D eigenvalue weighted by molar-refractivity contribution is 7.89. The Labute approximate surface area is 182 Å². The minimum atomic E-state index is -3.92. The van der Waals surface area contributed by atoms with Gasteiger partial charge in [0.1, 0.15) is 23.1 Å². The van der Waals surface area contributed by atoms with Crippen molar-refractivity contribution in [3.63, 3.8) is 0 Å². The maximum absolute atomic E-state index is 13.5. The van der Waals surface area contributed by atoms with E-state index in [1.807, 2.05) is 6.92 Å². The summed E-state index contributed by atoms with van der Waals surface area (Å²) in [6, 6.07) is 4.24. The highest BCUT2D eigenvalue weighted by Crippen LogP contribution is 2.36. The van der Waals surface area contributed by atoms with Crippen LogP contribution in [0.3, 0.4) is 0 Å². The zero-order valence-corrected chi connectivity index (χ0v) is 18.9. The Morgan fingerprint density at radius 2 is 2.00 bits per heavy atom. The minimum Gasteiger partial charge on any atom is -0.487 e. The molecule has 168 valence electrons. The average molecular weight is 449 g/mol. The molecule has 1 aromatic heterocycles. The number of aliphatic hydroxyl groups excluding tert-OH is 1. The zero-order chi connectivity index (χ0) is 22.8. The summed E-state index contributed by atoms with van der Waals surface area (Å²) < 4.78 is 34.4. The van der Waals surface area contributed by atoms with E-state index in [1.165, 1.54) is 23.6 Å². The topological polar surface area (TPSA) is 113 Å². The smallest absolute Gasteiger partial charge is 0.247 e. The Bertz CT molecular complexity index is 1030. The fourth-order valence-electron chi connectivity index (χ4n) is 3.47. The van der Waals surface area contributed by atoms with Crippen molar-refractivity contribution in [2.75, 3.05) is 26.7 Å². The van der Waals surface area contributed by atoms with E-state index in [2.05, 4.69) is 9.97 Å². The fourth-order valence-corrected chi connectivity index (χ4v) is 5.30. The van der Waals surface area contributed by atoms with Crippen LogP contribution in [0, 0.1) is 5.92 Å². The first-order valence-electron chi connectivity index (χ1n) is 10.1. The summed E-state index contributed by atoms with van der Waals surface area (Å²) in [5.74, 6) is -0.145. The van der Waals surface area contributed by atoms with Crippen molar-refractivity contribution < 1.29 is 23.1 Å². The van der Waals surface area contributed by atoms with Gasteiger partial charge in [-0.25, -0.2) is 18.4 Å². The molecular weight excluding hydrogens is 420 g/mol. The SMILES string of the molecule is CC(=O)N(C)C[C@H]1Oc2cc(-c3cncnc3)ccc2S(=O)(=O)N([C@@H](C)CO)C[C@H]1C. The summed E-state index contributed by atoms with van der Waals surface area (Å²) >= 11 is 0. The Balaban J connectivity index is 2.13. The van der Waals surface area contributed by atoms with Gasteiger partial charge in [0.25, 0.3) is 0 Å². The van der Waals surface area contributed by atoms with E-state index in [0.29, 0.717) is 12.1 Å². The number of ether oxygens (including phenoxy) is 1. The Morgan fingerprint density at radius 3 is 2.61 bits per heavy atom. The van der Waals surface area contributed by atoms with Crippen LogP contribution in [0.1, 0.15) is 20.8 Å². The predicted octanol–water partition coefficient (Wildman–Crippen LogP) is 1.39. The lowest BCUT2D eigenvalue weighted by molar-refractivity contribution is -0.129. The van der Waals surface area contributed by atoms with E-state index < -0.39 is 22.2 Å². The number of likely N-dealkylation sites (N-methyl/N-ethyl adjacent to an activating group) is 1. The van der Waals surface area contributed by atoms with E-state index in [-0.39, 0.29) is 35.6 Å². The number of benzene rings is 1. The van der Waals surface area contributed by atoms with Crippen molar-refractivity contribution in [2.24, 2.45) is 5.92 Å². The molecule has 1 aliphatic rings. The molecule has 0 fully saturated rings. The Morgan fingerprint density at radius 1 is 1.32 bits per heavy atom. The lowest BCUT2D eigenvalue weighted by Crippen LogP contribution is -2.50. The molecule has 0 saturated carbocycles. The van der Waals surface area contributed by atoms with Crippen LogP contribution in [0.4, 0.5) is 0 Å². The van der Waals surface area contributed by atoms with E-state index >= 15 is 0 Å². The molecule has 9 nitrogen and oxygen atoms in total. The van der Waals surface area contributed by atoms with Crippen molar-refractivity contribution in [3.05, 3.63) is 36.9 Å². The molecule has 0 saturated heterocycles. The molecule has 3 atom stereocenters. The van der Waals surface area contributed by atoms with Crippen LogP contribution in [0.15, 0.2) is 41.8 Å². The van der Waals surface area contributed by atoms with Crippen LogP contribution in [0.5, 0.6) is 5.75 Å². The van der Waals surface area contributed by atoms with Crippen LogP contribution in [-0.4, -0.2) is 77.5 Å². The number of amides is 1. The van der Waals surface area contributed by atoms with Gasteiger partial charge >= 0.3 is 0 Å². The molecule has 1 aliphatic heterocycles. The number of sulfonamides is 1. The summed E-state index contributed by atoms with van der Waals surface area (Å²) in [4.78, 5) is 21.4. The third kappa shape index (κ3) is 4.86. The summed E-state index contributed by atoms with van der Waals surface area (Å²) in [7, 11) is -2.24. The van der Waals surface area contributed by atoms with Crippen molar-refractivity contribution in [2.45, 2.75) is 37.8 Å². The first-order valence-corrected chi connectivity index (χ1v) is 11.5. The van der Waals surface area contributed by atoms with Crippen molar-refractivity contribution in [1.29, 1.82) is 0 Å². The number of rotatable bonds is 5. The second kappa shape index (κ2) is 9.29. The van der Waals surface area contributed by atoms with Crippen molar-refractivity contribution >= 4 is 15.9 Å². The minimum absolute atomic E-state index is 0.0239. The van der Waals surface area contributed by atoms with Gasteiger partial charge in [-0.2, -0.15) is 4.31 Å². The molecule has 1 amide bonds. The molecule has 10 heteroatoms. The van der Waals surface area contributed by atoms with E-state index in [1.54, 1.807) is 43.4 Å². The van der Waals surface area contributed by atoms with Gasteiger partial charge in [0, 0.05) is 50.4 Å². The van der Waals surface area contributed by atoms with E-state index in [0.717, 1.165) is 5.56 Å². The number of hydrogen-bond donors (Lipinski definition) is 1. The largest absolute Gasteiger partial charge is 0.487 e. The summed E-state index contributed by atoms with van der Waals surface area (Å²) in [6.45, 7) is 5.17. The highest BCUT2D eigenvalue weighted by Gasteiger charge is 2.38. The molecule has 0 spiro atoms. The summed E-state index contributed by atoms with van der Waals surface area (Å²) in [5, 5.41) is 9.69. The lowest BCUT2D eigenvalue weighted by Gasteiger charge is -2.37. The Kier molecular flexibility index (Phi) is 6.93. The molecule has 2 heterocycles. The normalized spacial score (nSPS) is 21.8. The van der Waals surface area contributed by atoms with Gasteiger partial charge in [-0.05, 0) is 24.6 Å². The van der Waals surface area contributed by atoms with E-state index in [9.17, 15) is 18.3 Å². The number of aliphatic hydroxyl groups is 1. The number of nitrogens with zero attached hydrogens (tertiary/aromatic N) is 4. The number of hydrogen-bond acceptors (Lipinski definition) is 7. The van der Waals surface area contributed by atoms with E-state index in [4.69, 9.17) is 4.74 Å². The third-order valence-corrected chi connectivity index (χ3v) is 7.57. The van der Waals surface area contributed by atoms with Gasteiger partial charge in [-0.15, -0.1) is 0 Å². The molecule has 0 aliphatic carbocycles. The van der Waals surface area contributed by atoms with Crippen LogP contribution < -0.4 is 4.74 Å². The second-order valence-electron chi connectivity index (χ2n) is 7.93. The van der Waals surface area contributed by atoms with Crippen molar-refractivity contribution in [1.82, 2.24) is 19.2 Å². The molecule has 1 N–H and O–H groups in total. The lowest BCUT2D eigenvalue weighted by atomic mass is 10.0.